The van der Waals surface area contributed by atoms with E-state index in [4.69, 9.17) is 28.5 Å². The third kappa shape index (κ3) is 9.97. The highest BCUT2D eigenvalue weighted by atomic mass is 32.2. The first-order valence-electron chi connectivity index (χ1n) is 17.3. The van der Waals surface area contributed by atoms with Gasteiger partial charge >= 0.3 is 5.97 Å². The lowest BCUT2D eigenvalue weighted by molar-refractivity contribution is -0.138. The van der Waals surface area contributed by atoms with Gasteiger partial charge in [-0.2, -0.15) is 8.42 Å². The van der Waals surface area contributed by atoms with Crippen molar-refractivity contribution in [3.63, 3.8) is 0 Å². The number of anilines is 1. The summed E-state index contributed by atoms with van der Waals surface area (Å²) >= 11 is 0. The van der Waals surface area contributed by atoms with Gasteiger partial charge in [-0.3, -0.25) is 9.35 Å². The van der Waals surface area contributed by atoms with E-state index >= 15 is 0 Å². The number of carboxylic acid groups (broad SMARTS) is 1. The van der Waals surface area contributed by atoms with E-state index in [1.807, 2.05) is 30.1 Å². The van der Waals surface area contributed by atoms with E-state index in [1.165, 1.54) is 12.1 Å². The summed E-state index contributed by atoms with van der Waals surface area (Å²) in [6.07, 6.45) is 6.20. The molecule has 0 fully saturated rings. The van der Waals surface area contributed by atoms with Crippen molar-refractivity contribution in [3.05, 3.63) is 82.6 Å². The number of nitrogens with zero attached hydrogens (tertiary/aromatic N) is 2. The molecule has 2 N–H and O–H groups in total. The lowest BCUT2D eigenvalue weighted by atomic mass is 9.78. The van der Waals surface area contributed by atoms with Gasteiger partial charge in [0.15, 0.2) is 13.1 Å². The fraction of sp³-hybridized carbons (Fsp3) is 0.487. The Balaban J connectivity index is 1.84. The van der Waals surface area contributed by atoms with Crippen molar-refractivity contribution in [2.24, 2.45) is 0 Å². The minimum atomic E-state index is -4.46. The molecule has 0 spiro atoms. The molecule has 1 aromatic rings. The number of carbonyl (C=O) groups is 1. The first-order valence-corrected chi connectivity index (χ1v) is 18.8. The minimum absolute atomic E-state index is 0.0649. The molecule has 1 unspecified atom stereocenters. The van der Waals surface area contributed by atoms with Crippen LogP contribution in [0.15, 0.2) is 69.6 Å². The third-order valence-corrected chi connectivity index (χ3v) is 10.2. The van der Waals surface area contributed by atoms with Crippen LogP contribution in [-0.2, 0) is 44.7 Å². The number of aliphatic carboxylic acids is 1. The monoisotopic (exact) mass is 741 g/mol. The molecule has 52 heavy (non-hydrogen) atoms. The van der Waals surface area contributed by atoms with Gasteiger partial charge in [0, 0.05) is 62.9 Å². The standard InChI is InChI=1S/C39H52N2O10S/c1-38(2,3)32-26-29(51-35-25-28(11-13-31(32)35)40(17-22-48-6)18-23-49-7)9-8-10-36-39(4,16-21-47-5)33-27-30(52(44,45)46)12-14-34(33)41(36)19-24-50-20-15-37(42)43/h8-14,25-27H,15-24H2,1-7H3,(H-,42,43,44,45,46)/p+1. The summed E-state index contributed by atoms with van der Waals surface area (Å²) in [4.78, 5) is 12.9. The zero-order valence-electron chi connectivity index (χ0n) is 31.3. The van der Waals surface area contributed by atoms with E-state index in [1.54, 1.807) is 27.4 Å². The summed E-state index contributed by atoms with van der Waals surface area (Å²) in [6, 6.07) is 12.9. The van der Waals surface area contributed by atoms with Crippen LogP contribution >= 0.6 is 0 Å². The molecule has 12 nitrogen and oxygen atoms in total. The molecule has 2 aliphatic heterocycles. The van der Waals surface area contributed by atoms with E-state index in [2.05, 4.69) is 49.6 Å². The second kappa shape index (κ2) is 17.8. The third-order valence-electron chi connectivity index (χ3n) is 9.32. The maximum Gasteiger partial charge on any atom is 0.305 e. The molecule has 1 aliphatic carbocycles. The highest BCUT2D eigenvalue weighted by molar-refractivity contribution is 7.85. The molecule has 13 heteroatoms. The van der Waals surface area contributed by atoms with E-state index in [0.717, 1.165) is 33.6 Å². The van der Waals surface area contributed by atoms with Crippen LogP contribution in [0.1, 0.15) is 57.4 Å². The van der Waals surface area contributed by atoms with Gasteiger partial charge in [0.05, 0.1) is 30.6 Å². The number of hydrogen-bond donors (Lipinski definition) is 2. The quantitative estimate of drug-likeness (QED) is 0.101. The Morgan fingerprint density at radius 2 is 1.65 bits per heavy atom. The average Bonchev–Trinajstić information content (AvgIpc) is 3.32. The predicted octanol–water partition coefficient (Wildman–Crippen LogP) is 5.20. The maximum absolute atomic E-state index is 12.2. The maximum atomic E-state index is 12.2. The first-order chi connectivity index (χ1) is 24.6. The van der Waals surface area contributed by atoms with E-state index < -0.39 is 21.5 Å². The van der Waals surface area contributed by atoms with Crippen LogP contribution in [0.4, 0.5) is 5.69 Å². The van der Waals surface area contributed by atoms with E-state index in [-0.39, 0.29) is 29.9 Å². The molecular formula is C39H53N2O10S+. The number of allylic oxidation sites excluding steroid dienone is 3. The lowest BCUT2D eigenvalue weighted by Gasteiger charge is -2.30. The number of rotatable bonds is 18. The SMILES string of the molecule is COCC[N+](CCOC)=c1ccc2c(C(C)(C)C)cc(/C=C/C=C3/N(CCOCCC(=O)O)c4ccc(S(=O)(=O)O)cc4C3(C)CCOC)oc-2c1. The molecule has 2 heterocycles. The number of carboxylic acids is 1. The normalized spacial score (nSPS) is 17.1. The summed E-state index contributed by atoms with van der Waals surface area (Å²) in [5, 5.41) is 10.0. The Morgan fingerprint density at radius 1 is 0.962 bits per heavy atom. The first kappa shape index (κ1) is 40.9. The van der Waals surface area contributed by atoms with Crippen LogP contribution in [0.25, 0.3) is 17.4 Å². The van der Waals surface area contributed by atoms with Gasteiger partial charge in [-0.15, -0.1) is 0 Å². The molecule has 0 saturated carbocycles. The Morgan fingerprint density at radius 3 is 2.27 bits per heavy atom. The molecule has 0 radical (unpaired) electrons. The second-order valence-corrected chi connectivity index (χ2v) is 15.4. The second-order valence-electron chi connectivity index (χ2n) is 14.0. The zero-order chi connectivity index (χ0) is 38.1. The number of methoxy groups -OCH3 is 3. The van der Waals surface area contributed by atoms with Gasteiger partial charge in [0.25, 0.3) is 10.1 Å². The Labute approximate surface area is 307 Å². The minimum Gasteiger partial charge on any atom is -0.481 e. The number of hydrogen-bond acceptors (Lipinski definition) is 9. The Kier molecular flexibility index (Phi) is 14.0. The molecule has 284 valence electrons. The molecular weight excluding hydrogens is 689 g/mol. The average molecular weight is 742 g/mol. The van der Waals surface area contributed by atoms with E-state index in [0.29, 0.717) is 57.2 Å². The van der Waals surface area contributed by atoms with Crippen molar-refractivity contribution in [1.82, 2.24) is 4.58 Å². The molecule has 0 amide bonds. The van der Waals surface area contributed by atoms with Crippen LogP contribution < -0.4 is 14.8 Å². The zero-order valence-corrected chi connectivity index (χ0v) is 32.1. The van der Waals surface area contributed by atoms with Crippen molar-refractivity contribution < 1.29 is 46.2 Å². The van der Waals surface area contributed by atoms with E-state index in [9.17, 15) is 17.8 Å². The number of fused-ring (bicyclic) bond motifs is 2. The fourth-order valence-corrected chi connectivity index (χ4v) is 7.03. The molecule has 0 aromatic heterocycles. The van der Waals surface area contributed by atoms with Crippen molar-refractivity contribution >= 4 is 27.9 Å². The van der Waals surface area contributed by atoms with Crippen LogP contribution in [0, 0.1) is 0 Å². The Hall–Kier alpha value is -3.85. The summed E-state index contributed by atoms with van der Waals surface area (Å²) < 4.78 is 64.9. The van der Waals surface area contributed by atoms with Gasteiger partial charge in [-0.25, -0.2) is 4.58 Å². The summed E-state index contributed by atoms with van der Waals surface area (Å²) in [6.45, 7) is 12.1. The van der Waals surface area contributed by atoms with Gasteiger partial charge in [0.2, 0.25) is 5.36 Å². The topological polar surface area (TPSA) is 148 Å². The van der Waals surface area contributed by atoms with Crippen molar-refractivity contribution in [1.29, 1.82) is 0 Å². The van der Waals surface area contributed by atoms with Crippen LogP contribution in [0.3, 0.4) is 0 Å². The largest absolute Gasteiger partial charge is 0.481 e. The van der Waals surface area contributed by atoms with Gasteiger partial charge in [0.1, 0.15) is 24.7 Å². The molecule has 1 atom stereocenters. The van der Waals surface area contributed by atoms with Crippen molar-refractivity contribution in [2.75, 3.05) is 78.9 Å². The van der Waals surface area contributed by atoms with Crippen molar-refractivity contribution in [2.45, 2.75) is 56.3 Å². The van der Waals surface area contributed by atoms with Gasteiger partial charge in [-0.1, -0.05) is 26.8 Å². The number of benzene rings is 2. The molecule has 0 bridgehead atoms. The summed E-state index contributed by atoms with van der Waals surface area (Å²) in [5.41, 5.74) is 3.59. The Bertz CT molecular complexity index is 1900. The fourth-order valence-electron chi connectivity index (χ4n) is 6.52. The van der Waals surface area contributed by atoms with Crippen LogP contribution in [0.2, 0.25) is 0 Å². The van der Waals surface area contributed by atoms with Gasteiger partial charge in [-0.05, 0) is 72.4 Å². The van der Waals surface area contributed by atoms with Gasteiger partial charge < -0.3 is 33.4 Å². The summed E-state index contributed by atoms with van der Waals surface area (Å²) in [5.74, 6) is 0.452. The smallest absolute Gasteiger partial charge is 0.305 e. The van der Waals surface area contributed by atoms with Crippen LogP contribution in [-0.4, -0.2) is 98.0 Å². The highest BCUT2D eigenvalue weighted by Gasteiger charge is 2.43. The predicted molar refractivity (Wildman–Crippen MR) is 200 cm³/mol. The summed E-state index contributed by atoms with van der Waals surface area (Å²) in [7, 11) is 0.521. The molecule has 4 rings (SSSR count). The van der Waals surface area contributed by atoms with Crippen molar-refractivity contribution in [3.8, 4) is 11.3 Å². The lowest BCUT2D eigenvalue weighted by Crippen LogP contribution is -2.35. The highest BCUT2D eigenvalue weighted by Crippen LogP contribution is 2.50. The van der Waals surface area contributed by atoms with Crippen LogP contribution in [0.5, 0.6) is 0 Å². The molecule has 0 saturated heterocycles. The molecule has 1 aromatic carbocycles. The molecule has 3 aliphatic rings. The number of ether oxygens (including phenoxy) is 4.